The number of benzene rings is 2. The first-order chi connectivity index (χ1) is 14.2. The molecule has 2 aromatic carbocycles. The third kappa shape index (κ3) is 4.80. The number of likely N-dealkylation sites (tertiary alicyclic amines) is 1. The molecular formula is C24H31N3O2. The first-order valence-corrected chi connectivity index (χ1v) is 10.7. The summed E-state index contributed by atoms with van der Waals surface area (Å²) < 4.78 is 5.45. The lowest BCUT2D eigenvalue weighted by molar-refractivity contribution is 0.0949. The number of anilines is 1. The van der Waals surface area contributed by atoms with Crippen molar-refractivity contribution in [2.24, 2.45) is 0 Å². The fourth-order valence-corrected chi connectivity index (χ4v) is 4.47. The molecule has 1 amide bonds. The minimum Gasteiger partial charge on any atom is -0.378 e. The van der Waals surface area contributed by atoms with E-state index in [4.69, 9.17) is 4.74 Å². The molecule has 0 bridgehead atoms. The summed E-state index contributed by atoms with van der Waals surface area (Å²) in [5.41, 5.74) is 4.40. The summed E-state index contributed by atoms with van der Waals surface area (Å²) in [6.45, 7) is 9.05. The molecule has 2 aromatic rings. The molecule has 0 unspecified atom stereocenters. The average molecular weight is 394 g/mol. The van der Waals surface area contributed by atoms with Gasteiger partial charge in [0.1, 0.15) is 0 Å². The summed E-state index contributed by atoms with van der Waals surface area (Å²) in [7, 11) is 0. The van der Waals surface area contributed by atoms with Crippen LogP contribution in [0.15, 0.2) is 48.5 Å². The zero-order chi connectivity index (χ0) is 20.1. The van der Waals surface area contributed by atoms with Crippen LogP contribution in [0.4, 0.5) is 5.69 Å². The number of amides is 1. The topological polar surface area (TPSA) is 44.8 Å². The molecule has 5 nitrogen and oxygen atoms in total. The Balaban J connectivity index is 1.29. The smallest absolute Gasteiger partial charge is 0.251 e. The molecule has 0 aromatic heterocycles. The normalized spacial score (nSPS) is 20.0. The molecule has 1 N–H and O–H groups in total. The van der Waals surface area contributed by atoms with E-state index in [9.17, 15) is 4.79 Å². The highest BCUT2D eigenvalue weighted by atomic mass is 16.5. The summed E-state index contributed by atoms with van der Waals surface area (Å²) in [5, 5.41) is 3.13. The Morgan fingerprint density at radius 3 is 2.66 bits per heavy atom. The fraction of sp³-hybridized carbons (Fsp3) is 0.458. The minimum absolute atomic E-state index is 0.0245. The average Bonchev–Trinajstić information content (AvgIpc) is 3.24. The predicted octanol–water partition coefficient (Wildman–Crippen LogP) is 3.05. The molecule has 2 saturated heterocycles. The molecule has 0 saturated carbocycles. The number of carbonyl (C=O) groups is 1. The lowest BCUT2D eigenvalue weighted by Crippen LogP contribution is -2.37. The van der Waals surface area contributed by atoms with E-state index in [-0.39, 0.29) is 5.91 Å². The van der Waals surface area contributed by atoms with E-state index in [2.05, 4.69) is 51.5 Å². The molecular weight excluding hydrogens is 362 g/mol. The van der Waals surface area contributed by atoms with Gasteiger partial charge in [-0.05, 0) is 49.1 Å². The van der Waals surface area contributed by atoms with Crippen molar-refractivity contribution >= 4 is 11.6 Å². The van der Waals surface area contributed by atoms with Crippen molar-refractivity contribution in [3.05, 3.63) is 65.2 Å². The second kappa shape index (κ2) is 9.42. The molecule has 2 aliphatic heterocycles. The van der Waals surface area contributed by atoms with Crippen LogP contribution in [0.3, 0.4) is 0 Å². The van der Waals surface area contributed by atoms with Crippen LogP contribution in [0.2, 0.25) is 0 Å². The van der Waals surface area contributed by atoms with Gasteiger partial charge in [0.15, 0.2) is 0 Å². The number of nitrogens with one attached hydrogen (secondary N) is 1. The van der Waals surface area contributed by atoms with Gasteiger partial charge in [-0.1, -0.05) is 36.4 Å². The summed E-state index contributed by atoms with van der Waals surface area (Å²) in [6.07, 6.45) is 1.19. The van der Waals surface area contributed by atoms with Crippen molar-refractivity contribution in [2.75, 3.05) is 57.4 Å². The Bertz CT molecular complexity index is 818. The largest absolute Gasteiger partial charge is 0.378 e. The summed E-state index contributed by atoms with van der Waals surface area (Å²) in [6, 6.07) is 16.8. The summed E-state index contributed by atoms with van der Waals surface area (Å²) in [4.78, 5) is 17.5. The first-order valence-electron chi connectivity index (χ1n) is 10.7. The number of hydrogen-bond donors (Lipinski definition) is 1. The number of rotatable bonds is 6. The van der Waals surface area contributed by atoms with E-state index in [1.165, 1.54) is 12.0 Å². The maximum absolute atomic E-state index is 12.8. The van der Waals surface area contributed by atoms with Gasteiger partial charge in [-0.2, -0.15) is 0 Å². The number of hydrogen-bond acceptors (Lipinski definition) is 4. The van der Waals surface area contributed by atoms with Crippen LogP contribution in [-0.2, 0) is 4.74 Å². The molecule has 1 atom stereocenters. The van der Waals surface area contributed by atoms with Gasteiger partial charge in [-0.15, -0.1) is 0 Å². The predicted molar refractivity (Wildman–Crippen MR) is 117 cm³/mol. The second-order valence-electron chi connectivity index (χ2n) is 8.00. The molecule has 4 rings (SSSR count). The Kier molecular flexibility index (Phi) is 6.47. The number of morpholine rings is 1. The third-order valence-corrected chi connectivity index (χ3v) is 6.16. The highest BCUT2D eigenvalue weighted by Crippen LogP contribution is 2.27. The van der Waals surface area contributed by atoms with E-state index in [0.717, 1.165) is 62.8 Å². The Morgan fingerprint density at radius 1 is 1.07 bits per heavy atom. The van der Waals surface area contributed by atoms with E-state index >= 15 is 0 Å². The summed E-state index contributed by atoms with van der Waals surface area (Å²) in [5.74, 6) is 0.635. The maximum Gasteiger partial charge on any atom is 0.251 e. The molecule has 0 radical (unpaired) electrons. The lowest BCUT2D eigenvalue weighted by Gasteiger charge is -2.30. The van der Waals surface area contributed by atoms with E-state index in [1.54, 1.807) is 0 Å². The van der Waals surface area contributed by atoms with Crippen molar-refractivity contribution in [2.45, 2.75) is 19.3 Å². The molecule has 0 spiro atoms. The monoisotopic (exact) mass is 393 g/mol. The van der Waals surface area contributed by atoms with Gasteiger partial charge in [0.2, 0.25) is 0 Å². The molecule has 2 heterocycles. The molecule has 0 aliphatic carbocycles. The maximum atomic E-state index is 12.8. The molecule has 154 valence electrons. The van der Waals surface area contributed by atoms with Crippen molar-refractivity contribution in [3.63, 3.8) is 0 Å². The van der Waals surface area contributed by atoms with E-state index in [0.29, 0.717) is 12.5 Å². The fourth-order valence-electron chi connectivity index (χ4n) is 4.47. The van der Waals surface area contributed by atoms with Gasteiger partial charge in [0.05, 0.1) is 13.2 Å². The van der Waals surface area contributed by atoms with Gasteiger partial charge in [-0.25, -0.2) is 0 Å². The first kappa shape index (κ1) is 19.9. The van der Waals surface area contributed by atoms with Crippen LogP contribution >= 0.6 is 0 Å². The van der Waals surface area contributed by atoms with Gasteiger partial charge in [0.25, 0.3) is 5.91 Å². The Morgan fingerprint density at radius 2 is 1.86 bits per heavy atom. The number of carbonyl (C=O) groups excluding carboxylic acids is 1. The van der Waals surface area contributed by atoms with Crippen LogP contribution in [0.5, 0.6) is 0 Å². The van der Waals surface area contributed by atoms with Crippen molar-refractivity contribution < 1.29 is 9.53 Å². The Labute approximate surface area is 173 Å². The number of nitrogens with zero attached hydrogens (tertiary/aromatic N) is 2. The van der Waals surface area contributed by atoms with Gasteiger partial charge in [0, 0.05) is 44.0 Å². The third-order valence-electron chi connectivity index (χ3n) is 6.16. The van der Waals surface area contributed by atoms with Crippen LogP contribution < -0.4 is 10.2 Å². The standard InChI is InChI=1S/C24H31N3O2/c1-19-22(8-5-9-23(19)27-14-16-29-17-15-27)24(28)25-11-13-26-12-10-21(18-26)20-6-3-2-4-7-20/h2-9,21H,10-18H2,1H3,(H,25,28)/t21-/m1/s1. The molecule has 5 heteroatoms. The van der Waals surface area contributed by atoms with Gasteiger partial charge < -0.3 is 19.9 Å². The van der Waals surface area contributed by atoms with Crippen molar-refractivity contribution in [1.82, 2.24) is 10.2 Å². The highest BCUT2D eigenvalue weighted by molar-refractivity contribution is 5.97. The van der Waals surface area contributed by atoms with Crippen LogP contribution in [0, 0.1) is 6.92 Å². The lowest BCUT2D eigenvalue weighted by atomic mass is 9.99. The van der Waals surface area contributed by atoms with Gasteiger partial charge in [-0.3, -0.25) is 4.79 Å². The molecule has 29 heavy (non-hydrogen) atoms. The Hall–Kier alpha value is -2.37. The number of ether oxygens (including phenoxy) is 1. The SMILES string of the molecule is Cc1c(C(=O)NCCN2CC[C@@H](c3ccccc3)C2)cccc1N1CCOCC1. The highest BCUT2D eigenvalue weighted by Gasteiger charge is 2.23. The van der Waals surface area contributed by atoms with Crippen molar-refractivity contribution in [1.29, 1.82) is 0 Å². The van der Waals surface area contributed by atoms with Crippen molar-refractivity contribution in [3.8, 4) is 0 Å². The van der Waals surface area contributed by atoms with Crippen LogP contribution in [-0.4, -0.2) is 63.3 Å². The zero-order valence-electron chi connectivity index (χ0n) is 17.3. The second-order valence-corrected chi connectivity index (χ2v) is 8.00. The molecule has 2 fully saturated rings. The minimum atomic E-state index is 0.0245. The van der Waals surface area contributed by atoms with E-state index in [1.807, 2.05) is 19.1 Å². The summed E-state index contributed by atoms with van der Waals surface area (Å²) >= 11 is 0. The van der Waals surface area contributed by atoms with E-state index < -0.39 is 0 Å². The zero-order valence-corrected chi connectivity index (χ0v) is 17.3. The van der Waals surface area contributed by atoms with Gasteiger partial charge >= 0.3 is 0 Å². The molecule has 2 aliphatic rings. The van der Waals surface area contributed by atoms with Crippen LogP contribution in [0.25, 0.3) is 0 Å². The quantitative estimate of drug-likeness (QED) is 0.819. The van der Waals surface area contributed by atoms with Crippen LogP contribution in [0.1, 0.15) is 33.8 Å².